The average molecular weight is 178 g/mol. The summed E-state index contributed by atoms with van der Waals surface area (Å²) in [6, 6.07) is 4.40. The molecule has 0 saturated heterocycles. The summed E-state index contributed by atoms with van der Waals surface area (Å²) in [5.74, 6) is 0.705. The Kier molecular flexibility index (Phi) is 1.59. The highest BCUT2D eigenvalue weighted by Gasteiger charge is 2.05. The van der Waals surface area contributed by atoms with Crippen molar-refractivity contribution < 1.29 is 4.52 Å². The quantitative estimate of drug-likeness (QED) is 0.640. The maximum atomic E-state index is 10.7. The number of nitrogens with zero attached hydrogens (tertiary/aromatic N) is 2. The van der Waals surface area contributed by atoms with Gasteiger partial charge in [-0.05, 0) is 6.07 Å². The van der Waals surface area contributed by atoms with Crippen LogP contribution in [0.1, 0.15) is 0 Å². The van der Waals surface area contributed by atoms with E-state index in [1.54, 1.807) is 0 Å². The van der Waals surface area contributed by atoms with Gasteiger partial charge in [0.1, 0.15) is 5.69 Å². The first-order valence-corrected chi connectivity index (χ1v) is 3.54. The van der Waals surface area contributed by atoms with E-state index in [4.69, 9.17) is 10.3 Å². The Hall–Kier alpha value is -2.11. The number of hydrogen-bond donors (Lipinski definition) is 2. The van der Waals surface area contributed by atoms with Gasteiger partial charge in [0.05, 0.1) is 0 Å². The predicted octanol–water partition coefficient (Wildman–Crippen LogP) is 0.00710. The first kappa shape index (κ1) is 7.53. The summed E-state index contributed by atoms with van der Waals surface area (Å²) in [7, 11) is 0. The standard InChI is InChI=1S/C7H6N4O2/c8-6-3-5(13-11-6)4-1-2-7(12)10-9-4/h1-3H,(H2,8,11)(H,10,12). The van der Waals surface area contributed by atoms with Gasteiger partial charge in [0, 0.05) is 12.1 Å². The molecule has 0 radical (unpaired) electrons. The smallest absolute Gasteiger partial charge is 0.264 e. The summed E-state index contributed by atoms with van der Waals surface area (Å²) < 4.78 is 4.83. The minimum atomic E-state index is -0.267. The normalized spacial score (nSPS) is 10.2. The fourth-order valence-electron chi connectivity index (χ4n) is 0.891. The van der Waals surface area contributed by atoms with E-state index < -0.39 is 0 Å². The Morgan fingerprint density at radius 3 is 2.85 bits per heavy atom. The second-order valence-corrected chi connectivity index (χ2v) is 2.42. The molecule has 66 valence electrons. The summed E-state index contributed by atoms with van der Waals surface area (Å²) in [6.45, 7) is 0. The molecule has 0 atom stereocenters. The van der Waals surface area contributed by atoms with Crippen LogP contribution in [-0.2, 0) is 0 Å². The van der Waals surface area contributed by atoms with E-state index >= 15 is 0 Å². The monoisotopic (exact) mass is 178 g/mol. The zero-order chi connectivity index (χ0) is 9.26. The minimum absolute atomic E-state index is 0.267. The Labute approximate surface area is 72.4 Å². The van der Waals surface area contributed by atoms with Gasteiger partial charge < -0.3 is 10.3 Å². The van der Waals surface area contributed by atoms with Crippen molar-refractivity contribution in [1.29, 1.82) is 0 Å². The van der Waals surface area contributed by atoms with Crippen molar-refractivity contribution in [3.63, 3.8) is 0 Å². The lowest BCUT2D eigenvalue weighted by molar-refractivity contribution is 0.434. The lowest BCUT2D eigenvalue weighted by Gasteiger charge is -1.89. The van der Waals surface area contributed by atoms with Crippen LogP contribution in [0.15, 0.2) is 27.5 Å². The van der Waals surface area contributed by atoms with E-state index in [2.05, 4.69) is 15.4 Å². The van der Waals surface area contributed by atoms with Gasteiger partial charge in [-0.3, -0.25) is 4.79 Å². The molecule has 0 aliphatic carbocycles. The Bertz CT molecular complexity index is 453. The summed E-state index contributed by atoms with van der Waals surface area (Å²) in [4.78, 5) is 10.7. The summed E-state index contributed by atoms with van der Waals surface area (Å²) >= 11 is 0. The molecule has 6 nitrogen and oxygen atoms in total. The Morgan fingerprint density at radius 2 is 2.31 bits per heavy atom. The maximum absolute atomic E-state index is 10.7. The van der Waals surface area contributed by atoms with Crippen molar-refractivity contribution in [2.75, 3.05) is 5.73 Å². The van der Waals surface area contributed by atoms with Gasteiger partial charge in [0.25, 0.3) is 5.56 Å². The van der Waals surface area contributed by atoms with Crippen LogP contribution in [0.5, 0.6) is 0 Å². The fourth-order valence-corrected chi connectivity index (χ4v) is 0.891. The minimum Gasteiger partial charge on any atom is -0.381 e. The molecule has 0 aliphatic heterocycles. The molecule has 0 fully saturated rings. The lowest BCUT2D eigenvalue weighted by Crippen LogP contribution is -2.05. The van der Waals surface area contributed by atoms with Gasteiger partial charge in [-0.25, -0.2) is 5.10 Å². The van der Waals surface area contributed by atoms with Gasteiger partial charge in [-0.15, -0.1) is 0 Å². The third-order valence-electron chi connectivity index (χ3n) is 1.46. The van der Waals surface area contributed by atoms with Gasteiger partial charge in [-0.2, -0.15) is 5.10 Å². The molecule has 0 spiro atoms. The molecule has 0 bridgehead atoms. The highest BCUT2D eigenvalue weighted by Crippen LogP contribution is 2.16. The Morgan fingerprint density at radius 1 is 1.46 bits per heavy atom. The SMILES string of the molecule is Nc1cc(-c2ccc(=O)[nH]n2)on1. The number of aromatic nitrogens is 3. The van der Waals surface area contributed by atoms with Crippen LogP contribution < -0.4 is 11.3 Å². The molecule has 13 heavy (non-hydrogen) atoms. The molecule has 0 unspecified atom stereocenters. The van der Waals surface area contributed by atoms with E-state index in [9.17, 15) is 4.79 Å². The first-order chi connectivity index (χ1) is 6.25. The number of nitrogen functional groups attached to an aromatic ring is 1. The van der Waals surface area contributed by atoms with Gasteiger partial charge in [-0.1, -0.05) is 5.16 Å². The van der Waals surface area contributed by atoms with Crippen LogP contribution in [0, 0.1) is 0 Å². The summed E-state index contributed by atoms with van der Waals surface area (Å²) in [5.41, 5.74) is 5.56. The lowest BCUT2D eigenvalue weighted by atomic mass is 10.3. The van der Waals surface area contributed by atoms with E-state index in [1.165, 1.54) is 18.2 Å². The molecule has 0 aromatic carbocycles. The second kappa shape index (κ2) is 2.74. The summed E-state index contributed by atoms with van der Waals surface area (Å²) in [5, 5.41) is 9.49. The number of hydrogen-bond acceptors (Lipinski definition) is 5. The number of nitrogens with two attached hydrogens (primary N) is 1. The maximum Gasteiger partial charge on any atom is 0.264 e. The van der Waals surface area contributed by atoms with Crippen LogP contribution in [0.2, 0.25) is 0 Å². The van der Waals surface area contributed by atoms with Crippen LogP contribution in [-0.4, -0.2) is 15.4 Å². The molecular formula is C7H6N4O2. The zero-order valence-corrected chi connectivity index (χ0v) is 6.52. The second-order valence-electron chi connectivity index (χ2n) is 2.42. The van der Waals surface area contributed by atoms with Gasteiger partial charge >= 0.3 is 0 Å². The molecule has 2 heterocycles. The van der Waals surface area contributed by atoms with Crippen LogP contribution in [0.4, 0.5) is 5.82 Å². The highest BCUT2D eigenvalue weighted by atomic mass is 16.5. The third kappa shape index (κ3) is 1.41. The van der Waals surface area contributed by atoms with E-state index in [1.807, 2.05) is 0 Å². The van der Waals surface area contributed by atoms with E-state index in [0.29, 0.717) is 11.5 Å². The summed E-state index contributed by atoms with van der Waals surface area (Å²) in [6.07, 6.45) is 0. The highest BCUT2D eigenvalue weighted by molar-refractivity contribution is 5.54. The molecule has 3 N–H and O–H groups in total. The average Bonchev–Trinajstić information content (AvgIpc) is 2.53. The van der Waals surface area contributed by atoms with Gasteiger partial charge in [0.2, 0.25) is 0 Å². The molecule has 0 saturated carbocycles. The molecule has 2 aromatic rings. The number of aromatic amines is 1. The topological polar surface area (TPSA) is 97.8 Å². The van der Waals surface area contributed by atoms with Gasteiger partial charge in [0.15, 0.2) is 11.6 Å². The third-order valence-corrected chi connectivity index (χ3v) is 1.46. The van der Waals surface area contributed by atoms with Crippen molar-refractivity contribution >= 4 is 5.82 Å². The van der Waals surface area contributed by atoms with Crippen LogP contribution in [0.3, 0.4) is 0 Å². The predicted molar refractivity (Wildman–Crippen MR) is 44.8 cm³/mol. The zero-order valence-electron chi connectivity index (χ0n) is 6.52. The molecule has 0 amide bonds. The van der Waals surface area contributed by atoms with E-state index in [0.717, 1.165) is 0 Å². The van der Waals surface area contributed by atoms with Crippen LogP contribution >= 0.6 is 0 Å². The van der Waals surface area contributed by atoms with Crippen molar-refractivity contribution in [2.24, 2.45) is 0 Å². The number of H-pyrrole nitrogens is 1. The van der Waals surface area contributed by atoms with Crippen molar-refractivity contribution in [3.05, 3.63) is 28.6 Å². The molecule has 2 rings (SSSR count). The molecule has 6 heteroatoms. The van der Waals surface area contributed by atoms with E-state index in [-0.39, 0.29) is 11.4 Å². The van der Waals surface area contributed by atoms with Crippen LogP contribution in [0.25, 0.3) is 11.5 Å². The largest absolute Gasteiger partial charge is 0.381 e. The molecule has 0 aliphatic rings. The number of nitrogens with one attached hydrogen (secondary N) is 1. The number of anilines is 1. The Balaban J connectivity index is 2.47. The van der Waals surface area contributed by atoms with Crippen molar-refractivity contribution in [1.82, 2.24) is 15.4 Å². The van der Waals surface area contributed by atoms with Crippen molar-refractivity contribution in [2.45, 2.75) is 0 Å². The first-order valence-electron chi connectivity index (χ1n) is 3.54. The van der Waals surface area contributed by atoms with Crippen molar-refractivity contribution in [3.8, 4) is 11.5 Å². The molecule has 2 aromatic heterocycles. The molecular weight excluding hydrogens is 172 g/mol. The number of rotatable bonds is 1. The fraction of sp³-hybridized carbons (Fsp3) is 0.